The molecule has 1 aliphatic heterocycles. The van der Waals surface area contributed by atoms with Gasteiger partial charge in [0, 0.05) is 44.9 Å². The Labute approximate surface area is 320 Å². The highest BCUT2D eigenvalue weighted by Crippen LogP contribution is 2.66. The highest BCUT2D eigenvalue weighted by molar-refractivity contribution is 8.04. The van der Waals surface area contributed by atoms with Crippen LogP contribution in [0.2, 0.25) is 0 Å². The van der Waals surface area contributed by atoms with Gasteiger partial charge in [0.05, 0.1) is 11.1 Å². The minimum absolute atomic E-state index is 0.123. The molecule has 10 rings (SSSR count). The number of hydrogen-bond acceptors (Lipinski definition) is 5. The molecule has 3 atom stereocenters. The first-order chi connectivity index (χ1) is 26.7. The average molecular weight is 713 g/mol. The van der Waals surface area contributed by atoms with Crippen LogP contribution in [0.4, 0.5) is 5.69 Å². The molecule has 1 aromatic heterocycles. The second-order valence-electron chi connectivity index (χ2n) is 14.1. The van der Waals surface area contributed by atoms with Gasteiger partial charge in [0.25, 0.3) is 0 Å². The summed E-state index contributed by atoms with van der Waals surface area (Å²) in [5, 5.41) is 0.123. The van der Waals surface area contributed by atoms with E-state index in [-0.39, 0.29) is 22.5 Å². The number of thioether (sulfide) groups is 1. The summed E-state index contributed by atoms with van der Waals surface area (Å²) in [4.78, 5) is 21.3. The molecule has 54 heavy (non-hydrogen) atoms. The molecule has 5 aromatic carbocycles. The molecule has 0 amide bonds. The Hall–Kier alpha value is -6.17. The molecule has 1 spiro atoms. The third-order valence-electron chi connectivity index (χ3n) is 11.2. The van der Waals surface area contributed by atoms with Crippen LogP contribution in [0.3, 0.4) is 0 Å². The summed E-state index contributed by atoms with van der Waals surface area (Å²) in [6.07, 6.45) is 16.6. The first kappa shape index (κ1) is 32.5. The molecule has 5 heteroatoms. The number of rotatable bonds is 6. The van der Waals surface area contributed by atoms with Crippen molar-refractivity contribution in [3.63, 3.8) is 0 Å². The van der Waals surface area contributed by atoms with Gasteiger partial charge in [-0.3, -0.25) is 4.99 Å². The summed E-state index contributed by atoms with van der Waals surface area (Å²) >= 11 is 1.97. The molecule has 3 aliphatic carbocycles. The fourth-order valence-corrected chi connectivity index (χ4v) is 10.5. The molecule has 2 heterocycles. The van der Waals surface area contributed by atoms with Crippen molar-refractivity contribution < 1.29 is 0 Å². The van der Waals surface area contributed by atoms with Gasteiger partial charge in [-0.05, 0) is 45.9 Å². The van der Waals surface area contributed by atoms with Gasteiger partial charge in [-0.25, -0.2) is 15.0 Å². The standard InChI is InChI=1S/C49H36N4S/c1-2-29-50-43-24-14-11-19-36(43)34-25-27-41-44(30-34)54-45-31-35(26-28-42(45)49(41)39-22-12-9-20-37(39)38-21-10-13-23-40(38)49)48-52-46(32-15-5-3-6-16-32)51-47(53-48)33-17-7-4-8-18-33/h2-24,26-31,34,42,45H,1,25H2/b50-29-. The average Bonchev–Trinajstić information content (AvgIpc) is 3.53. The predicted octanol–water partition coefficient (Wildman–Crippen LogP) is 11.7. The van der Waals surface area contributed by atoms with Gasteiger partial charge in [-0.15, -0.1) is 11.8 Å². The van der Waals surface area contributed by atoms with Crippen LogP contribution >= 0.6 is 11.8 Å². The minimum Gasteiger partial charge on any atom is -0.257 e. The topological polar surface area (TPSA) is 51.0 Å². The monoisotopic (exact) mass is 712 g/mol. The number of aliphatic imine (C=N–C) groups is 1. The largest absolute Gasteiger partial charge is 0.257 e. The van der Waals surface area contributed by atoms with E-state index in [4.69, 9.17) is 19.9 Å². The summed E-state index contributed by atoms with van der Waals surface area (Å²) in [6, 6.07) is 47.0. The van der Waals surface area contributed by atoms with E-state index in [9.17, 15) is 0 Å². The number of nitrogens with zero attached hydrogens (tertiary/aromatic N) is 4. The molecule has 0 radical (unpaired) electrons. The highest BCUT2D eigenvalue weighted by atomic mass is 32.2. The molecule has 1 fully saturated rings. The van der Waals surface area contributed by atoms with Crippen LogP contribution < -0.4 is 0 Å². The van der Waals surface area contributed by atoms with Crippen LogP contribution in [-0.2, 0) is 5.41 Å². The number of para-hydroxylation sites is 1. The van der Waals surface area contributed by atoms with Gasteiger partial charge >= 0.3 is 0 Å². The zero-order chi connectivity index (χ0) is 36.1. The van der Waals surface area contributed by atoms with Gasteiger partial charge in [0.1, 0.15) is 0 Å². The van der Waals surface area contributed by atoms with E-state index >= 15 is 0 Å². The number of hydrogen-bond donors (Lipinski definition) is 0. The van der Waals surface area contributed by atoms with Crippen LogP contribution in [0.25, 0.3) is 39.5 Å². The fourth-order valence-electron chi connectivity index (χ4n) is 8.89. The van der Waals surface area contributed by atoms with Crippen molar-refractivity contribution in [2.45, 2.75) is 23.0 Å². The van der Waals surface area contributed by atoms with Crippen LogP contribution in [-0.4, -0.2) is 26.4 Å². The van der Waals surface area contributed by atoms with E-state index in [2.05, 4.69) is 134 Å². The Morgan fingerprint density at radius 3 is 1.93 bits per heavy atom. The Kier molecular flexibility index (Phi) is 8.03. The van der Waals surface area contributed by atoms with Crippen LogP contribution in [0, 0.1) is 5.92 Å². The quantitative estimate of drug-likeness (QED) is 0.161. The Bertz CT molecular complexity index is 2490. The minimum atomic E-state index is -0.345. The molecule has 0 bridgehead atoms. The second kappa shape index (κ2) is 13.4. The Morgan fingerprint density at radius 1 is 0.667 bits per heavy atom. The van der Waals surface area contributed by atoms with Crippen molar-refractivity contribution in [1.82, 2.24) is 15.0 Å². The predicted molar refractivity (Wildman–Crippen MR) is 224 cm³/mol. The molecule has 258 valence electrons. The van der Waals surface area contributed by atoms with E-state index in [1.165, 1.54) is 38.3 Å². The van der Waals surface area contributed by atoms with Gasteiger partial charge in [0.2, 0.25) is 0 Å². The Balaban J connectivity index is 1.15. The summed E-state index contributed by atoms with van der Waals surface area (Å²) in [5.41, 5.74) is 11.6. The lowest BCUT2D eigenvalue weighted by Crippen LogP contribution is -2.45. The van der Waals surface area contributed by atoms with E-state index in [0.717, 1.165) is 28.8 Å². The van der Waals surface area contributed by atoms with Crippen molar-refractivity contribution >= 4 is 29.2 Å². The lowest BCUT2D eigenvalue weighted by Gasteiger charge is -2.50. The molecule has 1 saturated heterocycles. The van der Waals surface area contributed by atoms with E-state index < -0.39 is 0 Å². The van der Waals surface area contributed by atoms with Crippen molar-refractivity contribution in [3.8, 4) is 33.9 Å². The normalized spacial score (nSPS) is 20.3. The summed E-state index contributed by atoms with van der Waals surface area (Å²) in [5.74, 6) is 2.39. The fraction of sp³-hybridized carbons (Fsp3) is 0.102. The molecular weight excluding hydrogens is 677 g/mol. The maximum atomic E-state index is 5.12. The van der Waals surface area contributed by atoms with Crippen LogP contribution in [0.15, 0.2) is 192 Å². The summed E-state index contributed by atoms with van der Waals surface area (Å²) < 4.78 is 0. The zero-order valence-electron chi connectivity index (χ0n) is 29.6. The number of allylic oxidation sites excluding steroid dienone is 7. The smallest absolute Gasteiger partial charge is 0.164 e. The van der Waals surface area contributed by atoms with Gasteiger partial charge < -0.3 is 0 Å². The molecule has 0 N–H and O–H groups in total. The first-order valence-electron chi connectivity index (χ1n) is 18.5. The molecule has 6 aromatic rings. The van der Waals surface area contributed by atoms with E-state index in [1.54, 1.807) is 12.3 Å². The maximum Gasteiger partial charge on any atom is 0.164 e. The molecular formula is C49H36N4S. The molecule has 0 saturated carbocycles. The molecule has 4 nitrogen and oxygen atoms in total. The van der Waals surface area contributed by atoms with Crippen molar-refractivity contribution in [1.29, 1.82) is 0 Å². The first-order valence-corrected chi connectivity index (χ1v) is 19.4. The van der Waals surface area contributed by atoms with Gasteiger partial charge in [-0.1, -0.05) is 170 Å². The van der Waals surface area contributed by atoms with Gasteiger partial charge in [0.15, 0.2) is 17.5 Å². The number of benzene rings is 5. The van der Waals surface area contributed by atoms with Crippen molar-refractivity contribution in [2.24, 2.45) is 10.9 Å². The number of fused-ring (bicyclic) bond motifs is 9. The van der Waals surface area contributed by atoms with Crippen molar-refractivity contribution in [3.05, 3.63) is 209 Å². The molecule has 3 unspecified atom stereocenters. The Morgan fingerprint density at radius 2 is 1.26 bits per heavy atom. The van der Waals surface area contributed by atoms with Crippen molar-refractivity contribution in [2.75, 3.05) is 0 Å². The summed E-state index contributed by atoms with van der Waals surface area (Å²) in [7, 11) is 0. The maximum absolute atomic E-state index is 5.12. The lowest BCUT2D eigenvalue weighted by molar-refractivity contribution is 0.452. The van der Waals surface area contributed by atoms with Crippen LogP contribution in [0.1, 0.15) is 34.9 Å². The second-order valence-corrected chi connectivity index (χ2v) is 15.3. The zero-order valence-corrected chi connectivity index (χ0v) is 30.4. The lowest BCUT2D eigenvalue weighted by atomic mass is 9.60. The third kappa shape index (κ3) is 5.22. The van der Waals surface area contributed by atoms with E-state index in [0.29, 0.717) is 17.5 Å². The number of aromatic nitrogens is 3. The van der Waals surface area contributed by atoms with E-state index in [1.807, 2.05) is 48.2 Å². The SMILES string of the molecule is C=C/C=N\c1ccccc1C1C=C2SC3C=C(c4nc(-c5ccccc5)nc(-c5ccccc5)n4)C=CC3C3(C2=CC1)c1ccccc1-c1ccccc13. The third-order valence-corrected chi connectivity index (χ3v) is 12.5. The molecule has 4 aliphatic rings. The summed E-state index contributed by atoms with van der Waals surface area (Å²) in [6.45, 7) is 3.86. The van der Waals surface area contributed by atoms with Gasteiger partial charge in [-0.2, -0.15) is 0 Å². The highest BCUT2D eigenvalue weighted by Gasteiger charge is 2.57. The van der Waals surface area contributed by atoms with Crippen LogP contribution in [0.5, 0.6) is 0 Å².